The molecule has 178 valence electrons. The van der Waals surface area contributed by atoms with Crippen LogP contribution in [0.2, 0.25) is 0 Å². The maximum atomic E-state index is 13.8. The predicted molar refractivity (Wildman–Crippen MR) is 139 cm³/mol. The number of rotatable bonds is 6. The number of thiophene rings is 1. The lowest BCUT2D eigenvalue weighted by Crippen LogP contribution is -2.23. The number of hydrogen-bond donors (Lipinski definition) is 1. The van der Waals surface area contributed by atoms with Crippen LogP contribution in [0.4, 0.5) is 11.4 Å². The van der Waals surface area contributed by atoms with E-state index in [2.05, 4.69) is 5.32 Å². The van der Waals surface area contributed by atoms with Crippen LogP contribution in [0.3, 0.4) is 0 Å². The zero-order chi connectivity index (χ0) is 24.5. The maximum absolute atomic E-state index is 13.8. The van der Waals surface area contributed by atoms with Crippen molar-refractivity contribution in [3.8, 4) is 5.69 Å². The molecule has 5 rings (SSSR count). The molecule has 4 aromatic rings. The molecule has 2 aromatic carbocycles. The van der Waals surface area contributed by atoms with E-state index in [9.17, 15) is 19.7 Å². The van der Waals surface area contributed by atoms with Crippen molar-refractivity contribution in [2.75, 3.05) is 11.1 Å². The van der Waals surface area contributed by atoms with Gasteiger partial charge in [-0.05, 0) is 56.4 Å². The summed E-state index contributed by atoms with van der Waals surface area (Å²) < 4.78 is 1.58. The van der Waals surface area contributed by atoms with Crippen LogP contribution in [0, 0.1) is 17.0 Å². The lowest BCUT2D eigenvalue weighted by molar-refractivity contribution is -0.383. The van der Waals surface area contributed by atoms with Crippen molar-refractivity contribution in [3.05, 3.63) is 85.0 Å². The Labute approximate surface area is 209 Å². The number of carbonyl (C=O) groups is 1. The van der Waals surface area contributed by atoms with Crippen LogP contribution in [0.15, 0.2) is 58.5 Å². The monoisotopic (exact) mass is 506 g/mol. The molecule has 0 unspecified atom stereocenters. The van der Waals surface area contributed by atoms with Crippen LogP contribution < -0.4 is 10.9 Å². The lowest BCUT2D eigenvalue weighted by atomic mass is 9.97. The average Bonchev–Trinajstić information content (AvgIpc) is 3.22. The molecule has 1 aliphatic carbocycles. The minimum atomic E-state index is -0.536. The Balaban J connectivity index is 1.51. The number of hydrogen-bond acceptors (Lipinski definition) is 7. The number of fused-ring (bicyclic) bond motifs is 3. The van der Waals surface area contributed by atoms with Gasteiger partial charge in [0.25, 0.3) is 11.2 Å². The molecule has 0 saturated heterocycles. The number of benzene rings is 2. The largest absolute Gasteiger partial charge is 0.320 e. The second kappa shape index (κ2) is 9.63. The van der Waals surface area contributed by atoms with Gasteiger partial charge in [-0.3, -0.25) is 24.3 Å². The summed E-state index contributed by atoms with van der Waals surface area (Å²) in [5, 5.41) is 15.0. The van der Waals surface area contributed by atoms with E-state index in [0.29, 0.717) is 21.1 Å². The second-order valence-corrected chi connectivity index (χ2v) is 10.4. The van der Waals surface area contributed by atoms with Gasteiger partial charge in [0.2, 0.25) is 5.91 Å². The minimum Gasteiger partial charge on any atom is -0.320 e. The molecule has 0 radical (unpaired) electrons. The first-order valence-electron chi connectivity index (χ1n) is 11.2. The first kappa shape index (κ1) is 23.3. The third-order valence-corrected chi connectivity index (χ3v) is 8.08. The molecule has 1 N–H and O–H groups in total. The quantitative estimate of drug-likeness (QED) is 0.165. The van der Waals surface area contributed by atoms with Crippen LogP contribution in [0.1, 0.15) is 28.8 Å². The number of aryl methyl sites for hydroxylation is 3. The van der Waals surface area contributed by atoms with Gasteiger partial charge in [-0.15, -0.1) is 11.3 Å². The van der Waals surface area contributed by atoms with Crippen molar-refractivity contribution in [3.63, 3.8) is 0 Å². The summed E-state index contributed by atoms with van der Waals surface area (Å²) in [4.78, 5) is 43.9. The molecule has 2 heterocycles. The number of para-hydroxylation sites is 2. The van der Waals surface area contributed by atoms with Gasteiger partial charge < -0.3 is 5.32 Å². The van der Waals surface area contributed by atoms with E-state index < -0.39 is 10.8 Å². The number of amides is 1. The Hall–Kier alpha value is -3.50. The van der Waals surface area contributed by atoms with Gasteiger partial charge in [0, 0.05) is 10.9 Å². The minimum absolute atomic E-state index is 0.0546. The molecule has 0 atom stereocenters. The Morgan fingerprint density at radius 1 is 1.17 bits per heavy atom. The molecule has 1 aliphatic rings. The van der Waals surface area contributed by atoms with Crippen LogP contribution >= 0.6 is 23.1 Å². The standard InChI is InChI=1S/C25H22N4O4S2/c1-15-10-12-16(13-11-15)28-24(31)22-17-6-2-5-9-20(17)35-23(22)27-25(28)34-14-21(30)26-18-7-3-4-8-19(18)29(32)33/h3-4,7-8,10-13H,2,5-6,9,14H2,1H3,(H,26,30). The van der Waals surface area contributed by atoms with E-state index >= 15 is 0 Å². The highest BCUT2D eigenvalue weighted by Crippen LogP contribution is 2.35. The second-order valence-electron chi connectivity index (χ2n) is 8.37. The van der Waals surface area contributed by atoms with Gasteiger partial charge in [-0.1, -0.05) is 41.6 Å². The fourth-order valence-electron chi connectivity index (χ4n) is 4.26. The molecule has 1 amide bonds. The molecule has 35 heavy (non-hydrogen) atoms. The molecular formula is C25H22N4O4S2. The summed E-state index contributed by atoms with van der Waals surface area (Å²) in [6.07, 6.45) is 4.01. The van der Waals surface area contributed by atoms with Gasteiger partial charge >= 0.3 is 0 Å². The number of aromatic nitrogens is 2. The Kier molecular flexibility index (Phi) is 6.40. The highest BCUT2D eigenvalue weighted by atomic mass is 32.2. The van der Waals surface area contributed by atoms with Crippen molar-refractivity contribution in [1.82, 2.24) is 9.55 Å². The van der Waals surface area contributed by atoms with Crippen LogP contribution in [-0.4, -0.2) is 26.1 Å². The number of anilines is 1. The number of carbonyl (C=O) groups excluding carboxylic acids is 1. The molecule has 10 heteroatoms. The Morgan fingerprint density at radius 2 is 1.91 bits per heavy atom. The van der Waals surface area contributed by atoms with E-state index in [1.54, 1.807) is 28.0 Å². The molecule has 0 aliphatic heterocycles. The highest BCUT2D eigenvalue weighted by Gasteiger charge is 2.23. The molecule has 0 spiro atoms. The third kappa shape index (κ3) is 4.59. The number of nitro benzene ring substituents is 1. The number of nitro groups is 1. The van der Waals surface area contributed by atoms with Crippen molar-refractivity contribution >= 4 is 50.6 Å². The molecule has 2 aromatic heterocycles. The van der Waals surface area contributed by atoms with E-state index in [-0.39, 0.29) is 22.7 Å². The SMILES string of the molecule is Cc1ccc(-n2c(SCC(=O)Nc3ccccc3[N+](=O)[O-])nc3sc4c(c3c2=O)CCCC4)cc1. The molecular weight excluding hydrogens is 484 g/mol. The zero-order valence-corrected chi connectivity index (χ0v) is 20.6. The van der Waals surface area contributed by atoms with Gasteiger partial charge in [0.05, 0.1) is 21.7 Å². The summed E-state index contributed by atoms with van der Waals surface area (Å²) >= 11 is 2.70. The first-order valence-corrected chi connectivity index (χ1v) is 13.0. The topological polar surface area (TPSA) is 107 Å². The fourth-order valence-corrected chi connectivity index (χ4v) is 6.37. The fraction of sp³-hybridized carbons (Fsp3) is 0.240. The zero-order valence-electron chi connectivity index (χ0n) is 18.9. The number of nitrogens with one attached hydrogen (secondary N) is 1. The molecule has 0 fully saturated rings. The van der Waals surface area contributed by atoms with Gasteiger partial charge in [-0.25, -0.2) is 4.98 Å². The lowest BCUT2D eigenvalue weighted by Gasteiger charge is -2.14. The van der Waals surface area contributed by atoms with Crippen molar-refractivity contribution in [2.45, 2.75) is 37.8 Å². The number of thioether (sulfide) groups is 1. The molecule has 0 saturated carbocycles. The normalized spacial score (nSPS) is 12.9. The van der Waals surface area contributed by atoms with E-state index in [0.717, 1.165) is 48.6 Å². The summed E-state index contributed by atoms with van der Waals surface area (Å²) in [5.74, 6) is -0.472. The van der Waals surface area contributed by atoms with Crippen molar-refractivity contribution < 1.29 is 9.72 Å². The first-order chi connectivity index (χ1) is 16.9. The van der Waals surface area contributed by atoms with Gasteiger partial charge in [0.1, 0.15) is 10.5 Å². The number of nitrogens with zero attached hydrogens (tertiary/aromatic N) is 3. The molecule has 0 bridgehead atoms. The highest BCUT2D eigenvalue weighted by molar-refractivity contribution is 7.99. The average molecular weight is 507 g/mol. The Morgan fingerprint density at radius 3 is 2.69 bits per heavy atom. The summed E-state index contributed by atoms with van der Waals surface area (Å²) in [6.45, 7) is 1.98. The van der Waals surface area contributed by atoms with Crippen molar-refractivity contribution in [1.29, 1.82) is 0 Å². The summed E-state index contributed by atoms with van der Waals surface area (Å²) in [5.41, 5.74) is 2.70. The van der Waals surface area contributed by atoms with E-state index in [1.807, 2.05) is 31.2 Å². The van der Waals surface area contributed by atoms with Crippen LogP contribution in [-0.2, 0) is 17.6 Å². The Bertz CT molecular complexity index is 1510. The molecule has 8 nitrogen and oxygen atoms in total. The third-order valence-electron chi connectivity index (χ3n) is 5.96. The van der Waals surface area contributed by atoms with E-state index in [1.165, 1.54) is 17.0 Å². The summed E-state index contributed by atoms with van der Waals surface area (Å²) in [6, 6.07) is 13.6. The summed E-state index contributed by atoms with van der Waals surface area (Å²) in [7, 11) is 0. The van der Waals surface area contributed by atoms with E-state index in [4.69, 9.17) is 4.98 Å². The smallest absolute Gasteiger partial charge is 0.292 e. The van der Waals surface area contributed by atoms with Crippen LogP contribution in [0.25, 0.3) is 15.9 Å². The van der Waals surface area contributed by atoms with Crippen LogP contribution in [0.5, 0.6) is 0 Å². The van der Waals surface area contributed by atoms with Crippen molar-refractivity contribution in [2.24, 2.45) is 0 Å². The maximum Gasteiger partial charge on any atom is 0.292 e. The van der Waals surface area contributed by atoms with Gasteiger partial charge in [-0.2, -0.15) is 0 Å². The van der Waals surface area contributed by atoms with Gasteiger partial charge in [0.15, 0.2) is 5.16 Å². The predicted octanol–water partition coefficient (Wildman–Crippen LogP) is 5.27.